The fourth-order valence-corrected chi connectivity index (χ4v) is 2.61. The number of pyridine rings is 2. The van der Waals surface area contributed by atoms with Gasteiger partial charge in [-0.3, -0.25) is 9.97 Å². The molecule has 0 atom stereocenters. The van der Waals surface area contributed by atoms with Gasteiger partial charge in [0.15, 0.2) is 0 Å². The van der Waals surface area contributed by atoms with Gasteiger partial charge in [-0.05, 0) is 22.9 Å². The molecule has 18 heavy (non-hydrogen) atoms. The quantitative estimate of drug-likeness (QED) is 0.428. The van der Waals surface area contributed by atoms with Crippen LogP contribution in [0.5, 0.6) is 0 Å². The molecule has 0 amide bonds. The van der Waals surface area contributed by atoms with Crippen LogP contribution in [0.15, 0.2) is 61.1 Å². The van der Waals surface area contributed by atoms with Crippen LogP contribution in [0.2, 0.25) is 0 Å². The Morgan fingerprint density at radius 1 is 0.611 bits per heavy atom. The Balaban J connectivity index is 2.46. The van der Waals surface area contributed by atoms with Gasteiger partial charge in [-0.25, -0.2) is 0 Å². The van der Waals surface area contributed by atoms with E-state index in [-0.39, 0.29) is 0 Å². The Hall–Kier alpha value is -2.48. The van der Waals surface area contributed by atoms with Crippen LogP contribution in [-0.4, -0.2) is 9.97 Å². The van der Waals surface area contributed by atoms with E-state index in [4.69, 9.17) is 0 Å². The monoisotopic (exact) mass is 230 g/mol. The maximum atomic E-state index is 4.53. The van der Waals surface area contributed by atoms with Crippen molar-refractivity contribution in [3.8, 4) is 0 Å². The van der Waals surface area contributed by atoms with Gasteiger partial charge in [-0.2, -0.15) is 0 Å². The fraction of sp³-hybridized carbons (Fsp3) is 0. The Bertz CT molecular complexity index is 661. The lowest BCUT2D eigenvalue weighted by atomic mass is 9.99. The lowest BCUT2D eigenvalue weighted by Crippen LogP contribution is -1.85. The first-order valence-corrected chi connectivity index (χ1v) is 5.94. The number of nitrogens with zero attached hydrogens (tertiary/aromatic N) is 2. The SMILES string of the molecule is c1ccc2c(c1)c1ccncc1c1cccnc21. The molecule has 0 radical (unpaired) electrons. The van der Waals surface area contributed by atoms with E-state index in [1.54, 1.807) is 0 Å². The average Bonchev–Trinajstić information content (AvgIpc) is 2.48. The van der Waals surface area contributed by atoms with Gasteiger partial charge in [0.05, 0.1) is 5.52 Å². The standard InChI is InChI=1S/C16H10N2/c1-2-5-13-11(4-1)12-7-9-17-10-15(12)14-6-3-8-18-16(13)14/h1-10H. The van der Waals surface area contributed by atoms with Crippen LogP contribution in [0.1, 0.15) is 0 Å². The molecular formula is C16H10N2. The first-order valence-electron chi connectivity index (χ1n) is 5.94. The molecular weight excluding hydrogens is 220 g/mol. The number of hydrogen-bond acceptors (Lipinski definition) is 2. The van der Waals surface area contributed by atoms with E-state index in [1.807, 2.05) is 24.7 Å². The summed E-state index contributed by atoms with van der Waals surface area (Å²) in [5, 5.41) is 6.01. The third-order valence-corrected chi connectivity index (χ3v) is 3.39. The molecule has 0 fully saturated rings. The van der Waals surface area contributed by atoms with Gasteiger partial charge >= 0.3 is 0 Å². The van der Waals surface area contributed by atoms with Crippen molar-refractivity contribution >= 4 is 32.4 Å². The number of fused-ring (bicyclic) bond motifs is 6. The van der Waals surface area contributed by atoms with Crippen LogP contribution in [0.25, 0.3) is 32.4 Å². The number of aromatic nitrogens is 2. The molecule has 0 unspecified atom stereocenters. The second-order valence-electron chi connectivity index (χ2n) is 4.37. The average molecular weight is 230 g/mol. The number of benzene rings is 2. The lowest BCUT2D eigenvalue weighted by molar-refractivity contribution is 1.37. The van der Waals surface area contributed by atoms with Crippen molar-refractivity contribution in [3.63, 3.8) is 0 Å². The van der Waals surface area contributed by atoms with E-state index >= 15 is 0 Å². The molecule has 2 heteroatoms. The molecule has 2 nitrogen and oxygen atoms in total. The second kappa shape index (κ2) is 3.50. The van der Waals surface area contributed by atoms with Crippen molar-refractivity contribution in [1.29, 1.82) is 0 Å². The van der Waals surface area contributed by atoms with Gasteiger partial charge < -0.3 is 0 Å². The zero-order chi connectivity index (χ0) is 11.9. The van der Waals surface area contributed by atoms with Crippen molar-refractivity contribution in [3.05, 3.63) is 61.1 Å². The van der Waals surface area contributed by atoms with Crippen molar-refractivity contribution in [2.24, 2.45) is 0 Å². The highest BCUT2D eigenvalue weighted by Crippen LogP contribution is 2.32. The van der Waals surface area contributed by atoms with Gasteiger partial charge in [-0.1, -0.05) is 30.3 Å². The third kappa shape index (κ3) is 1.17. The van der Waals surface area contributed by atoms with Crippen LogP contribution in [-0.2, 0) is 0 Å². The lowest BCUT2D eigenvalue weighted by Gasteiger charge is -2.08. The number of rotatable bonds is 0. The minimum absolute atomic E-state index is 1.05. The van der Waals surface area contributed by atoms with Gasteiger partial charge in [-0.15, -0.1) is 0 Å². The van der Waals surface area contributed by atoms with Gasteiger partial charge in [0.1, 0.15) is 0 Å². The van der Waals surface area contributed by atoms with Gasteiger partial charge in [0, 0.05) is 34.7 Å². The summed E-state index contributed by atoms with van der Waals surface area (Å²) in [7, 11) is 0. The fourth-order valence-electron chi connectivity index (χ4n) is 2.61. The maximum absolute atomic E-state index is 4.53. The van der Waals surface area contributed by atoms with E-state index in [1.165, 1.54) is 26.9 Å². The van der Waals surface area contributed by atoms with Crippen LogP contribution >= 0.6 is 0 Å². The molecule has 0 aliphatic heterocycles. The minimum Gasteiger partial charge on any atom is -0.264 e. The highest BCUT2D eigenvalue weighted by atomic mass is 14.7. The van der Waals surface area contributed by atoms with Gasteiger partial charge in [0.25, 0.3) is 0 Å². The summed E-state index contributed by atoms with van der Waals surface area (Å²) in [4.78, 5) is 8.77. The molecule has 0 saturated heterocycles. The molecule has 4 rings (SSSR count). The van der Waals surface area contributed by atoms with Crippen LogP contribution in [0.3, 0.4) is 0 Å². The molecule has 0 spiro atoms. The summed E-state index contributed by atoms with van der Waals surface area (Å²) in [6.07, 6.45) is 5.61. The molecule has 0 N–H and O–H groups in total. The third-order valence-electron chi connectivity index (χ3n) is 3.39. The first-order chi connectivity index (χ1) is 8.95. The molecule has 2 heterocycles. The molecule has 0 bridgehead atoms. The smallest absolute Gasteiger partial charge is 0.0787 e. The zero-order valence-corrected chi connectivity index (χ0v) is 9.67. The molecule has 2 aromatic heterocycles. The van der Waals surface area contributed by atoms with Crippen molar-refractivity contribution in [1.82, 2.24) is 9.97 Å². The van der Waals surface area contributed by atoms with Crippen molar-refractivity contribution in [2.45, 2.75) is 0 Å². The largest absolute Gasteiger partial charge is 0.264 e. The van der Waals surface area contributed by atoms with Gasteiger partial charge in [0.2, 0.25) is 0 Å². The van der Waals surface area contributed by atoms with E-state index in [0.29, 0.717) is 0 Å². The zero-order valence-electron chi connectivity index (χ0n) is 9.67. The second-order valence-corrected chi connectivity index (χ2v) is 4.37. The summed E-state index contributed by atoms with van der Waals surface area (Å²) < 4.78 is 0. The summed E-state index contributed by atoms with van der Waals surface area (Å²) in [5.41, 5.74) is 1.05. The highest BCUT2D eigenvalue weighted by Gasteiger charge is 2.07. The normalized spacial score (nSPS) is 11.3. The topological polar surface area (TPSA) is 25.8 Å². The predicted octanol–water partition coefficient (Wildman–Crippen LogP) is 3.94. The molecule has 0 aliphatic carbocycles. The van der Waals surface area contributed by atoms with E-state index in [0.717, 1.165) is 5.52 Å². The molecule has 0 saturated carbocycles. The minimum atomic E-state index is 1.05. The van der Waals surface area contributed by atoms with E-state index < -0.39 is 0 Å². The summed E-state index contributed by atoms with van der Waals surface area (Å²) in [5.74, 6) is 0. The maximum Gasteiger partial charge on any atom is 0.0787 e. The van der Waals surface area contributed by atoms with Crippen LogP contribution in [0, 0.1) is 0 Å². The van der Waals surface area contributed by atoms with Crippen molar-refractivity contribution in [2.75, 3.05) is 0 Å². The predicted molar refractivity (Wildman–Crippen MR) is 74.6 cm³/mol. The van der Waals surface area contributed by atoms with E-state index in [2.05, 4.69) is 46.4 Å². The highest BCUT2D eigenvalue weighted by molar-refractivity contribution is 6.23. The summed E-state index contributed by atoms with van der Waals surface area (Å²) in [6.45, 7) is 0. The Kier molecular flexibility index (Phi) is 1.86. The van der Waals surface area contributed by atoms with Crippen molar-refractivity contribution < 1.29 is 0 Å². The summed E-state index contributed by atoms with van der Waals surface area (Å²) >= 11 is 0. The van der Waals surface area contributed by atoms with Crippen LogP contribution < -0.4 is 0 Å². The molecule has 84 valence electrons. The van der Waals surface area contributed by atoms with E-state index in [9.17, 15) is 0 Å². The molecule has 0 aliphatic rings. The summed E-state index contributed by atoms with van der Waals surface area (Å²) in [6, 6.07) is 14.6. The molecule has 4 aromatic rings. The Morgan fingerprint density at radius 3 is 2.28 bits per heavy atom. The first kappa shape index (κ1) is 9.54. The van der Waals surface area contributed by atoms with Crippen LogP contribution in [0.4, 0.5) is 0 Å². The number of hydrogen-bond donors (Lipinski definition) is 0. The Morgan fingerprint density at radius 2 is 1.33 bits per heavy atom. The Labute approximate surface area is 104 Å². The molecule has 2 aromatic carbocycles.